The average molecular weight is 514 g/mol. The van der Waals surface area contributed by atoms with Gasteiger partial charge >= 0.3 is 0 Å². The summed E-state index contributed by atoms with van der Waals surface area (Å²) in [7, 11) is 0. The van der Waals surface area contributed by atoms with E-state index >= 15 is 0 Å². The number of carbonyl (C=O) groups is 2. The molecule has 0 bridgehead atoms. The van der Waals surface area contributed by atoms with Gasteiger partial charge in [-0.25, -0.2) is 9.97 Å². The van der Waals surface area contributed by atoms with Crippen molar-refractivity contribution in [3.05, 3.63) is 77.6 Å². The molecule has 4 aromatic rings. The van der Waals surface area contributed by atoms with E-state index in [0.29, 0.717) is 30.2 Å². The number of nitrogens with zero attached hydrogens (tertiary/aromatic N) is 4. The Morgan fingerprint density at radius 3 is 2.51 bits per heavy atom. The number of hydrogen-bond acceptors (Lipinski definition) is 5. The average Bonchev–Trinajstić information content (AvgIpc) is 3.31. The summed E-state index contributed by atoms with van der Waals surface area (Å²) in [5.74, 6) is 0.957. The molecule has 1 fully saturated rings. The van der Waals surface area contributed by atoms with Crippen molar-refractivity contribution in [2.24, 2.45) is 0 Å². The molecule has 1 aromatic carbocycles. The number of halogens is 1. The van der Waals surface area contributed by atoms with Gasteiger partial charge in [-0.3, -0.25) is 9.59 Å². The first-order valence-electron chi connectivity index (χ1n) is 12.2. The van der Waals surface area contributed by atoms with Crippen LogP contribution in [0.25, 0.3) is 33.4 Å². The second-order valence-corrected chi connectivity index (χ2v) is 9.69. The van der Waals surface area contributed by atoms with Crippen molar-refractivity contribution < 1.29 is 9.59 Å². The number of nitrogens with one attached hydrogen (secondary N) is 1. The van der Waals surface area contributed by atoms with Crippen LogP contribution in [0.1, 0.15) is 18.1 Å². The molecule has 37 heavy (non-hydrogen) atoms. The van der Waals surface area contributed by atoms with Gasteiger partial charge in [0.1, 0.15) is 11.5 Å². The zero-order chi connectivity index (χ0) is 26.1. The predicted octanol–water partition coefficient (Wildman–Crippen LogP) is 5.22. The van der Waals surface area contributed by atoms with E-state index < -0.39 is 0 Å². The minimum atomic E-state index is -0.0250. The molecule has 188 valence electrons. The maximum absolute atomic E-state index is 12.1. The van der Waals surface area contributed by atoms with Gasteiger partial charge in [-0.15, -0.1) is 0 Å². The third kappa shape index (κ3) is 4.87. The summed E-state index contributed by atoms with van der Waals surface area (Å²) in [6, 6.07) is 11.9. The molecular weight excluding hydrogens is 486 g/mol. The van der Waals surface area contributed by atoms with E-state index in [0.717, 1.165) is 57.8 Å². The van der Waals surface area contributed by atoms with Crippen LogP contribution in [0.15, 0.2) is 61.4 Å². The minimum Gasteiger partial charge on any atom is -0.353 e. The number of anilines is 1. The molecule has 1 saturated heterocycles. The number of hydrogen-bond donors (Lipinski definition) is 1. The first kappa shape index (κ1) is 24.7. The van der Waals surface area contributed by atoms with Gasteiger partial charge in [-0.1, -0.05) is 36.4 Å². The Morgan fingerprint density at radius 1 is 1.08 bits per heavy atom. The number of rotatable bonds is 6. The fourth-order valence-corrected chi connectivity index (χ4v) is 5.07. The molecule has 0 atom stereocenters. The van der Waals surface area contributed by atoms with E-state index in [2.05, 4.69) is 21.4 Å². The lowest BCUT2D eigenvalue weighted by Crippen LogP contribution is -2.48. The number of H-pyrrole nitrogens is 1. The Kier molecular flexibility index (Phi) is 6.80. The predicted molar refractivity (Wildman–Crippen MR) is 148 cm³/mol. The van der Waals surface area contributed by atoms with Crippen molar-refractivity contribution in [2.75, 3.05) is 31.1 Å². The summed E-state index contributed by atoms with van der Waals surface area (Å²) in [5.41, 5.74) is 6.30. The molecule has 7 nitrogen and oxygen atoms in total. The SMILES string of the molecule is C=CC(=O)Cc1cc(-c2c(-c3ccc(N4CCN(C(C)=O)CC4)nc3)[nH]c3nccc(Cl)c23)ccc1C. The second kappa shape index (κ2) is 10.2. The van der Waals surface area contributed by atoms with Crippen LogP contribution < -0.4 is 4.90 Å². The normalized spacial score (nSPS) is 13.7. The van der Waals surface area contributed by atoms with E-state index in [1.807, 2.05) is 48.4 Å². The maximum atomic E-state index is 12.1. The van der Waals surface area contributed by atoms with Crippen LogP contribution in [0.5, 0.6) is 0 Å². The Labute approximate surface area is 220 Å². The first-order chi connectivity index (χ1) is 17.9. The Hall–Kier alpha value is -3.97. The molecular formula is C29H28ClN5O2. The molecule has 1 aliphatic heterocycles. The maximum Gasteiger partial charge on any atom is 0.219 e. The summed E-state index contributed by atoms with van der Waals surface area (Å²) in [5, 5.41) is 1.42. The van der Waals surface area contributed by atoms with Crippen molar-refractivity contribution in [1.82, 2.24) is 19.9 Å². The molecule has 0 unspecified atom stereocenters. The topological polar surface area (TPSA) is 82.2 Å². The van der Waals surface area contributed by atoms with Crippen LogP contribution >= 0.6 is 11.6 Å². The standard InChI is InChI=1S/C29H28ClN5O2/c1-4-23(37)16-22-15-20(6-5-18(22)2)26-27-24(30)9-10-31-29(27)33-28(26)21-7-8-25(32-17-21)35-13-11-34(12-14-35)19(3)36/h4-10,15,17H,1,11-14,16H2,2-3H3,(H,31,33). The Balaban J connectivity index is 1.55. The number of aryl methyl sites for hydroxylation is 1. The Morgan fingerprint density at radius 2 is 1.84 bits per heavy atom. The number of pyridine rings is 2. The minimum absolute atomic E-state index is 0.0250. The molecule has 0 spiro atoms. The number of aromatic amines is 1. The van der Waals surface area contributed by atoms with E-state index in [-0.39, 0.29) is 11.7 Å². The molecule has 4 heterocycles. The highest BCUT2D eigenvalue weighted by Gasteiger charge is 2.22. The molecule has 0 aliphatic carbocycles. The number of fused-ring (bicyclic) bond motifs is 1. The van der Waals surface area contributed by atoms with Crippen molar-refractivity contribution >= 4 is 40.1 Å². The van der Waals surface area contributed by atoms with Gasteiger partial charge in [0.15, 0.2) is 5.78 Å². The van der Waals surface area contributed by atoms with Gasteiger partial charge < -0.3 is 14.8 Å². The van der Waals surface area contributed by atoms with Crippen LogP contribution in [0.4, 0.5) is 5.82 Å². The lowest BCUT2D eigenvalue weighted by atomic mass is 9.94. The molecule has 1 amide bonds. The highest BCUT2D eigenvalue weighted by Crippen LogP contribution is 2.41. The molecule has 0 saturated carbocycles. The van der Waals surface area contributed by atoms with Crippen molar-refractivity contribution in [1.29, 1.82) is 0 Å². The zero-order valence-electron chi connectivity index (χ0n) is 20.9. The number of aromatic nitrogens is 3. The van der Waals surface area contributed by atoms with E-state index in [1.165, 1.54) is 6.08 Å². The highest BCUT2D eigenvalue weighted by molar-refractivity contribution is 6.36. The van der Waals surface area contributed by atoms with Crippen LogP contribution in [0, 0.1) is 6.92 Å². The van der Waals surface area contributed by atoms with Crippen molar-refractivity contribution in [3.8, 4) is 22.4 Å². The largest absolute Gasteiger partial charge is 0.353 e. The summed E-state index contributed by atoms with van der Waals surface area (Å²) >= 11 is 6.67. The van der Waals surface area contributed by atoms with E-state index in [4.69, 9.17) is 16.6 Å². The summed E-state index contributed by atoms with van der Waals surface area (Å²) in [6.45, 7) is 10.1. The molecule has 1 N–H and O–H groups in total. The van der Waals surface area contributed by atoms with Gasteiger partial charge in [0.25, 0.3) is 0 Å². The lowest BCUT2D eigenvalue weighted by Gasteiger charge is -2.34. The van der Waals surface area contributed by atoms with E-state index in [1.54, 1.807) is 19.2 Å². The van der Waals surface area contributed by atoms with Crippen LogP contribution in [-0.4, -0.2) is 57.7 Å². The van der Waals surface area contributed by atoms with Gasteiger partial charge in [0.2, 0.25) is 5.91 Å². The monoisotopic (exact) mass is 513 g/mol. The summed E-state index contributed by atoms with van der Waals surface area (Å²) < 4.78 is 0. The van der Waals surface area contributed by atoms with Gasteiger partial charge in [-0.2, -0.15) is 0 Å². The number of carbonyl (C=O) groups excluding carboxylic acids is 2. The van der Waals surface area contributed by atoms with E-state index in [9.17, 15) is 9.59 Å². The van der Waals surface area contributed by atoms with Crippen LogP contribution in [0.3, 0.4) is 0 Å². The quantitative estimate of drug-likeness (QED) is 0.357. The molecule has 3 aromatic heterocycles. The first-order valence-corrected chi connectivity index (χ1v) is 12.6. The van der Waals surface area contributed by atoms with Crippen LogP contribution in [-0.2, 0) is 16.0 Å². The smallest absolute Gasteiger partial charge is 0.219 e. The highest BCUT2D eigenvalue weighted by atomic mass is 35.5. The fourth-order valence-electron chi connectivity index (χ4n) is 4.83. The molecule has 8 heteroatoms. The third-order valence-corrected chi connectivity index (χ3v) is 7.27. The fraction of sp³-hybridized carbons (Fsp3) is 0.241. The summed E-state index contributed by atoms with van der Waals surface area (Å²) in [6.07, 6.45) is 5.18. The second-order valence-electron chi connectivity index (χ2n) is 9.28. The van der Waals surface area contributed by atoms with Gasteiger partial charge in [-0.05, 0) is 47.9 Å². The summed E-state index contributed by atoms with van der Waals surface area (Å²) in [4.78, 5) is 40.5. The van der Waals surface area contributed by atoms with Gasteiger partial charge in [0, 0.05) is 68.4 Å². The van der Waals surface area contributed by atoms with Crippen molar-refractivity contribution in [3.63, 3.8) is 0 Å². The number of piperazine rings is 1. The zero-order valence-corrected chi connectivity index (χ0v) is 21.7. The number of amides is 1. The number of benzene rings is 1. The van der Waals surface area contributed by atoms with Crippen LogP contribution in [0.2, 0.25) is 5.02 Å². The molecule has 0 radical (unpaired) electrons. The molecule has 5 rings (SSSR count). The van der Waals surface area contributed by atoms with Crippen molar-refractivity contribution in [2.45, 2.75) is 20.3 Å². The third-order valence-electron chi connectivity index (χ3n) is 6.96. The molecule has 1 aliphatic rings. The number of allylic oxidation sites excluding steroid dienone is 1. The van der Waals surface area contributed by atoms with Gasteiger partial charge in [0.05, 0.1) is 10.7 Å². The lowest BCUT2D eigenvalue weighted by molar-refractivity contribution is -0.129. The Bertz CT molecular complexity index is 1500. The number of ketones is 1.